The maximum Gasteiger partial charge on any atom is 0.272 e. The van der Waals surface area contributed by atoms with Crippen molar-refractivity contribution < 1.29 is 14.4 Å². The molecule has 1 atom stereocenters. The van der Waals surface area contributed by atoms with Gasteiger partial charge >= 0.3 is 0 Å². The van der Waals surface area contributed by atoms with Gasteiger partial charge < -0.3 is 10.0 Å². The Morgan fingerprint density at radius 1 is 1.59 bits per heavy atom. The molecule has 1 aliphatic rings. The van der Waals surface area contributed by atoms with Crippen molar-refractivity contribution in [3.8, 4) is 0 Å². The molecule has 0 saturated carbocycles. The Labute approximate surface area is 97.6 Å². The van der Waals surface area contributed by atoms with E-state index in [1.165, 1.54) is 12.1 Å². The number of nitro benzene ring substituents is 1. The first kappa shape index (κ1) is 11.8. The maximum absolute atomic E-state index is 13.7. The molecule has 1 N–H and O–H groups in total. The molecule has 1 unspecified atom stereocenters. The number of hydrogen-bond donors (Lipinski definition) is 1. The molecule has 0 bridgehead atoms. The summed E-state index contributed by atoms with van der Waals surface area (Å²) >= 11 is 0. The lowest BCUT2D eigenvalue weighted by Crippen LogP contribution is -2.29. The lowest BCUT2D eigenvalue weighted by atomic mass is 10.1. The van der Waals surface area contributed by atoms with Crippen LogP contribution in [0.15, 0.2) is 18.2 Å². The van der Waals surface area contributed by atoms with Crippen molar-refractivity contribution in [2.45, 2.75) is 18.9 Å². The standard InChI is InChI=1S/C11H13FN2O3/c1-11(15)4-5-13(7-11)10-3-2-8(14(16)17)6-9(10)12/h2-3,6,15H,4-5,7H2,1H3. The number of nitrogens with zero attached hydrogens (tertiary/aromatic N) is 2. The van der Waals surface area contributed by atoms with E-state index in [2.05, 4.69) is 0 Å². The van der Waals surface area contributed by atoms with Crippen LogP contribution in [-0.2, 0) is 0 Å². The monoisotopic (exact) mass is 240 g/mol. The number of non-ortho nitro benzene ring substituents is 1. The number of anilines is 1. The van der Waals surface area contributed by atoms with Crippen LogP contribution in [0.1, 0.15) is 13.3 Å². The molecular formula is C11H13FN2O3. The first-order valence-corrected chi connectivity index (χ1v) is 5.30. The van der Waals surface area contributed by atoms with Gasteiger partial charge in [-0.15, -0.1) is 0 Å². The summed E-state index contributed by atoms with van der Waals surface area (Å²) in [6.07, 6.45) is 0.559. The van der Waals surface area contributed by atoms with E-state index in [4.69, 9.17) is 0 Å². The highest BCUT2D eigenvalue weighted by Crippen LogP contribution is 2.30. The zero-order valence-electron chi connectivity index (χ0n) is 9.39. The molecule has 1 heterocycles. The van der Waals surface area contributed by atoms with Crippen LogP contribution in [0.2, 0.25) is 0 Å². The van der Waals surface area contributed by atoms with E-state index in [1.54, 1.807) is 11.8 Å². The van der Waals surface area contributed by atoms with E-state index in [0.717, 1.165) is 6.07 Å². The van der Waals surface area contributed by atoms with E-state index >= 15 is 0 Å². The Morgan fingerprint density at radius 2 is 2.29 bits per heavy atom. The van der Waals surface area contributed by atoms with Gasteiger partial charge in [0.15, 0.2) is 5.82 Å². The Hall–Kier alpha value is -1.69. The highest BCUT2D eigenvalue weighted by Gasteiger charge is 2.32. The van der Waals surface area contributed by atoms with Crippen LogP contribution in [0.25, 0.3) is 0 Å². The van der Waals surface area contributed by atoms with Gasteiger partial charge in [-0.3, -0.25) is 10.1 Å². The van der Waals surface area contributed by atoms with Crippen LogP contribution in [0.5, 0.6) is 0 Å². The summed E-state index contributed by atoms with van der Waals surface area (Å²) in [6.45, 7) is 2.57. The predicted molar refractivity (Wildman–Crippen MR) is 60.5 cm³/mol. The summed E-state index contributed by atoms with van der Waals surface area (Å²) in [6, 6.07) is 3.56. The first-order valence-electron chi connectivity index (χ1n) is 5.30. The van der Waals surface area contributed by atoms with E-state index in [-0.39, 0.29) is 5.69 Å². The van der Waals surface area contributed by atoms with Crippen molar-refractivity contribution in [3.05, 3.63) is 34.1 Å². The molecule has 1 fully saturated rings. The Balaban J connectivity index is 2.26. The van der Waals surface area contributed by atoms with Gasteiger partial charge in [0.1, 0.15) is 0 Å². The Morgan fingerprint density at radius 3 is 2.76 bits per heavy atom. The average molecular weight is 240 g/mol. The molecule has 1 aromatic rings. The highest BCUT2D eigenvalue weighted by atomic mass is 19.1. The third-order valence-electron chi connectivity index (χ3n) is 2.93. The van der Waals surface area contributed by atoms with Crippen LogP contribution < -0.4 is 4.90 Å². The summed E-state index contributed by atoms with van der Waals surface area (Å²) in [4.78, 5) is 11.5. The van der Waals surface area contributed by atoms with Gasteiger partial charge in [-0.1, -0.05) is 0 Å². The average Bonchev–Trinajstić information content (AvgIpc) is 2.58. The number of rotatable bonds is 2. The fourth-order valence-corrected chi connectivity index (χ4v) is 2.02. The van der Waals surface area contributed by atoms with Gasteiger partial charge in [0.2, 0.25) is 0 Å². The fraction of sp³-hybridized carbons (Fsp3) is 0.455. The minimum absolute atomic E-state index is 0.266. The molecule has 2 rings (SSSR count). The molecule has 1 saturated heterocycles. The van der Waals surface area contributed by atoms with Crippen LogP contribution >= 0.6 is 0 Å². The molecule has 92 valence electrons. The predicted octanol–water partition coefficient (Wildman–Crippen LogP) is 1.70. The molecule has 0 spiro atoms. The second-order valence-corrected chi connectivity index (χ2v) is 4.56. The van der Waals surface area contributed by atoms with E-state index < -0.39 is 16.3 Å². The molecule has 0 aromatic heterocycles. The van der Waals surface area contributed by atoms with Crippen molar-refractivity contribution in [2.75, 3.05) is 18.0 Å². The number of nitro groups is 1. The quantitative estimate of drug-likeness (QED) is 0.631. The molecule has 0 amide bonds. The minimum atomic E-state index is -0.825. The largest absolute Gasteiger partial charge is 0.388 e. The second-order valence-electron chi connectivity index (χ2n) is 4.56. The number of benzene rings is 1. The number of β-amino-alcohol motifs (C(OH)–C–C–N with tert-alkyl or cyclic N) is 1. The van der Waals surface area contributed by atoms with Gasteiger partial charge in [0.25, 0.3) is 5.69 Å². The first-order chi connectivity index (χ1) is 7.89. The summed E-state index contributed by atoms with van der Waals surface area (Å²) < 4.78 is 13.7. The molecule has 1 aliphatic heterocycles. The topological polar surface area (TPSA) is 66.6 Å². The number of hydrogen-bond acceptors (Lipinski definition) is 4. The normalized spacial score (nSPS) is 24.1. The maximum atomic E-state index is 13.7. The van der Waals surface area contributed by atoms with E-state index in [1.807, 2.05) is 0 Å². The van der Waals surface area contributed by atoms with Gasteiger partial charge in [-0.05, 0) is 19.4 Å². The summed E-state index contributed by atoms with van der Waals surface area (Å²) in [7, 11) is 0. The van der Waals surface area contributed by atoms with Crippen LogP contribution in [0.3, 0.4) is 0 Å². The molecule has 0 aliphatic carbocycles. The van der Waals surface area contributed by atoms with Crippen LogP contribution in [0.4, 0.5) is 15.8 Å². The summed E-state index contributed by atoms with van der Waals surface area (Å²) in [5, 5.41) is 20.3. The van der Waals surface area contributed by atoms with Crippen molar-refractivity contribution in [3.63, 3.8) is 0 Å². The van der Waals surface area contributed by atoms with E-state index in [9.17, 15) is 19.6 Å². The molecule has 5 nitrogen and oxygen atoms in total. The van der Waals surface area contributed by atoms with Crippen molar-refractivity contribution in [1.82, 2.24) is 0 Å². The molecule has 0 radical (unpaired) electrons. The van der Waals surface area contributed by atoms with Crippen LogP contribution in [-0.4, -0.2) is 28.7 Å². The SMILES string of the molecule is CC1(O)CCN(c2ccc([N+](=O)[O-])cc2F)C1. The number of aliphatic hydroxyl groups is 1. The zero-order valence-corrected chi connectivity index (χ0v) is 9.39. The fourth-order valence-electron chi connectivity index (χ4n) is 2.02. The Bertz CT molecular complexity index is 462. The minimum Gasteiger partial charge on any atom is -0.388 e. The van der Waals surface area contributed by atoms with Crippen LogP contribution in [0, 0.1) is 15.9 Å². The molecule has 6 heteroatoms. The Kier molecular flexibility index (Phi) is 2.74. The zero-order chi connectivity index (χ0) is 12.6. The summed E-state index contributed by atoms with van der Waals surface area (Å²) in [5.41, 5.74) is -0.792. The lowest BCUT2D eigenvalue weighted by molar-refractivity contribution is -0.385. The summed E-state index contributed by atoms with van der Waals surface area (Å²) in [5.74, 6) is -0.628. The van der Waals surface area contributed by atoms with Crippen molar-refractivity contribution in [2.24, 2.45) is 0 Å². The number of halogens is 1. The lowest BCUT2D eigenvalue weighted by Gasteiger charge is -2.21. The van der Waals surface area contributed by atoms with E-state index in [0.29, 0.717) is 25.2 Å². The smallest absolute Gasteiger partial charge is 0.272 e. The third kappa shape index (κ3) is 2.36. The second kappa shape index (κ2) is 3.96. The molecule has 1 aromatic carbocycles. The highest BCUT2D eigenvalue weighted by molar-refractivity contribution is 5.53. The van der Waals surface area contributed by atoms with Gasteiger partial charge in [0.05, 0.1) is 22.3 Å². The molecule has 17 heavy (non-hydrogen) atoms. The van der Waals surface area contributed by atoms with Crippen molar-refractivity contribution >= 4 is 11.4 Å². The van der Waals surface area contributed by atoms with Gasteiger partial charge in [0, 0.05) is 19.2 Å². The molecular weight excluding hydrogens is 227 g/mol. The third-order valence-corrected chi connectivity index (χ3v) is 2.93. The van der Waals surface area contributed by atoms with Crippen molar-refractivity contribution in [1.29, 1.82) is 0 Å². The van der Waals surface area contributed by atoms with Gasteiger partial charge in [-0.25, -0.2) is 4.39 Å². The van der Waals surface area contributed by atoms with Gasteiger partial charge in [-0.2, -0.15) is 0 Å².